The van der Waals surface area contributed by atoms with Crippen molar-refractivity contribution >= 4 is 23.1 Å². The number of fused-ring (bicyclic) bond motifs is 1. The number of likely N-dealkylation sites (N-methyl/N-ethyl adjacent to an activating group) is 1. The maximum Gasteiger partial charge on any atom is 0.295 e. The van der Waals surface area contributed by atoms with Crippen LogP contribution in [0.2, 0.25) is 0 Å². The van der Waals surface area contributed by atoms with Gasteiger partial charge in [-0.05, 0) is 32.2 Å². The summed E-state index contributed by atoms with van der Waals surface area (Å²) < 4.78 is 1.57. The van der Waals surface area contributed by atoms with Gasteiger partial charge in [-0.2, -0.15) is 4.98 Å². The summed E-state index contributed by atoms with van der Waals surface area (Å²) in [6, 6.07) is 9.67. The average molecular weight is 351 g/mol. The van der Waals surface area contributed by atoms with Crippen LogP contribution < -0.4 is 10.2 Å². The van der Waals surface area contributed by atoms with E-state index in [0.29, 0.717) is 5.78 Å². The number of carbonyl (C=O) groups excluding carboxylic acids is 1. The first-order chi connectivity index (χ1) is 12.6. The fourth-order valence-corrected chi connectivity index (χ4v) is 3.08. The Morgan fingerprint density at radius 1 is 1.12 bits per heavy atom. The molecule has 1 amide bonds. The molecule has 0 unspecified atom stereocenters. The minimum Gasteiger partial charge on any atom is -0.367 e. The van der Waals surface area contributed by atoms with E-state index in [1.165, 1.54) is 0 Å². The van der Waals surface area contributed by atoms with Gasteiger partial charge in [0.15, 0.2) is 0 Å². The Kier molecular flexibility index (Phi) is 4.26. The van der Waals surface area contributed by atoms with E-state index in [4.69, 9.17) is 0 Å². The van der Waals surface area contributed by atoms with E-state index in [0.717, 1.165) is 43.2 Å². The van der Waals surface area contributed by atoms with Crippen LogP contribution in [0.15, 0.2) is 36.5 Å². The highest BCUT2D eigenvalue weighted by molar-refractivity contribution is 6.03. The van der Waals surface area contributed by atoms with E-state index in [-0.39, 0.29) is 11.7 Å². The van der Waals surface area contributed by atoms with E-state index in [1.54, 1.807) is 10.7 Å². The molecular formula is C18H21N7O. The third kappa shape index (κ3) is 3.11. The predicted molar refractivity (Wildman–Crippen MR) is 99.6 cm³/mol. The van der Waals surface area contributed by atoms with E-state index < -0.39 is 0 Å². The number of nitrogens with zero attached hydrogens (tertiary/aromatic N) is 6. The molecule has 3 aromatic rings. The SMILES string of the molecule is Cc1ccnc2nc(C(=O)Nc3ccccc3N3CCN(C)CC3)nn12. The van der Waals surface area contributed by atoms with Gasteiger partial charge in [0.05, 0.1) is 11.4 Å². The summed E-state index contributed by atoms with van der Waals surface area (Å²) in [6.07, 6.45) is 1.66. The fraction of sp³-hybridized carbons (Fsp3) is 0.333. The van der Waals surface area contributed by atoms with Gasteiger partial charge in [0.2, 0.25) is 5.82 Å². The van der Waals surface area contributed by atoms with Gasteiger partial charge in [0, 0.05) is 38.1 Å². The Hall–Kier alpha value is -3.00. The average Bonchev–Trinajstić information content (AvgIpc) is 3.09. The number of hydrogen-bond donors (Lipinski definition) is 1. The van der Waals surface area contributed by atoms with E-state index in [2.05, 4.69) is 37.2 Å². The summed E-state index contributed by atoms with van der Waals surface area (Å²) in [4.78, 5) is 25.6. The van der Waals surface area contributed by atoms with Crippen molar-refractivity contribution in [3.8, 4) is 0 Å². The Bertz CT molecular complexity index is 944. The van der Waals surface area contributed by atoms with Crippen LogP contribution in [-0.4, -0.2) is 63.6 Å². The summed E-state index contributed by atoms with van der Waals surface area (Å²) in [5.41, 5.74) is 2.66. The zero-order chi connectivity index (χ0) is 18.1. The van der Waals surface area contributed by atoms with Crippen LogP contribution >= 0.6 is 0 Å². The number of amides is 1. The Labute approximate surface area is 151 Å². The Balaban J connectivity index is 1.58. The first-order valence-corrected chi connectivity index (χ1v) is 8.64. The van der Waals surface area contributed by atoms with Crippen molar-refractivity contribution in [2.75, 3.05) is 43.4 Å². The lowest BCUT2D eigenvalue weighted by atomic mass is 10.2. The normalized spacial score (nSPS) is 15.4. The van der Waals surface area contributed by atoms with Crippen LogP contribution in [0.25, 0.3) is 5.78 Å². The van der Waals surface area contributed by atoms with Crippen molar-refractivity contribution in [1.82, 2.24) is 24.5 Å². The van der Waals surface area contributed by atoms with Crippen LogP contribution in [0.5, 0.6) is 0 Å². The lowest BCUT2D eigenvalue weighted by Gasteiger charge is -2.35. The molecule has 3 heterocycles. The second kappa shape index (κ2) is 6.72. The molecule has 0 spiro atoms. The number of carbonyl (C=O) groups is 1. The van der Waals surface area contributed by atoms with Gasteiger partial charge in [-0.1, -0.05) is 12.1 Å². The maximum atomic E-state index is 12.7. The molecule has 0 bridgehead atoms. The molecule has 1 N–H and O–H groups in total. The Morgan fingerprint density at radius 2 is 1.88 bits per heavy atom. The highest BCUT2D eigenvalue weighted by Gasteiger charge is 2.20. The summed E-state index contributed by atoms with van der Waals surface area (Å²) in [5, 5.41) is 7.23. The van der Waals surface area contributed by atoms with Crippen molar-refractivity contribution in [1.29, 1.82) is 0 Å². The highest BCUT2D eigenvalue weighted by atomic mass is 16.2. The van der Waals surface area contributed by atoms with Gasteiger partial charge in [-0.15, -0.1) is 5.10 Å². The number of aromatic nitrogens is 4. The minimum atomic E-state index is -0.337. The highest BCUT2D eigenvalue weighted by Crippen LogP contribution is 2.26. The number of aryl methyl sites for hydroxylation is 1. The smallest absolute Gasteiger partial charge is 0.295 e. The third-order valence-corrected chi connectivity index (χ3v) is 4.63. The first-order valence-electron chi connectivity index (χ1n) is 8.64. The van der Waals surface area contributed by atoms with E-state index >= 15 is 0 Å². The summed E-state index contributed by atoms with van der Waals surface area (Å²) in [7, 11) is 2.12. The lowest BCUT2D eigenvalue weighted by molar-refractivity contribution is 0.101. The van der Waals surface area contributed by atoms with E-state index in [9.17, 15) is 4.79 Å². The van der Waals surface area contributed by atoms with E-state index in [1.807, 2.05) is 37.3 Å². The molecule has 1 saturated heterocycles. The van der Waals surface area contributed by atoms with Gasteiger partial charge in [-0.25, -0.2) is 9.50 Å². The topological polar surface area (TPSA) is 78.7 Å². The van der Waals surface area contributed by atoms with Crippen LogP contribution in [0.4, 0.5) is 11.4 Å². The number of rotatable bonds is 3. The number of anilines is 2. The molecular weight excluding hydrogens is 330 g/mol. The van der Waals surface area contributed by atoms with Gasteiger partial charge in [-0.3, -0.25) is 4.79 Å². The molecule has 2 aromatic heterocycles. The second-order valence-electron chi connectivity index (χ2n) is 6.50. The van der Waals surface area contributed by atoms with Crippen molar-refractivity contribution in [3.63, 3.8) is 0 Å². The molecule has 26 heavy (non-hydrogen) atoms. The van der Waals surface area contributed by atoms with Crippen molar-refractivity contribution in [2.24, 2.45) is 0 Å². The van der Waals surface area contributed by atoms with Gasteiger partial charge in [0.25, 0.3) is 11.7 Å². The molecule has 1 aliphatic rings. The van der Waals surface area contributed by atoms with Crippen LogP contribution in [0.1, 0.15) is 16.3 Å². The van der Waals surface area contributed by atoms with Gasteiger partial charge < -0.3 is 15.1 Å². The predicted octanol–water partition coefficient (Wildman–Crippen LogP) is 1.44. The number of piperazine rings is 1. The largest absolute Gasteiger partial charge is 0.367 e. The van der Waals surface area contributed by atoms with Crippen molar-refractivity contribution < 1.29 is 4.79 Å². The molecule has 8 heteroatoms. The molecule has 1 fully saturated rings. The summed E-state index contributed by atoms with van der Waals surface area (Å²) in [5.74, 6) is 0.193. The first kappa shape index (κ1) is 16.5. The molecule has 0 radical (unpaired) electrons. The molecule has 8 nitrogen and oxygen atoms in total. The lowest BCUT2D eigenvalue weighted by Crippen LogP contribution is -2.44. The van der Waals surface area contributed by atoms with Crippen LogP contribution in [-0.2, 0) is 0 Å². The monoisotopic (exact) mass is 351 g/mol. The number of nitrogens with one attached hydrogen (secondary N) is 1. The van der Waals surface area contributed by atoms with Gasteiger partial charge >= 0.3 is 0 Å². The number of hydrogen-bond acceptors (Lipinski definition) is 6. The quantitative estimate of drug-likeness (QED) is 0.769. The molecule has 4 rings (SSSR count). The minimum absolute atomic E-state index is 0.111. The Morgan fingerprint density at radius 3 is 2.65 bits per heavy atom. The molecule has 0 saturated carbocycles. The molecule has 134 valence electrons. The zero-order valence-electron chi connectivity index (χ0n) is 14.9. The second-order valence-corrected chi connectivity index (χ2v) is 6.50. The third-order valence-electron chi connectivity index (χ3n) is 4.63. The van der Waals surface area contributed by atoms with Crippen LogP contribution in [0.3, 0.4) is 0 Å². The maximum absolute atomic E-state index is 12.7. The number of benzene rings is 1. The molecule has 0 atom stereocenters. The number of para-hydroxylation sites is 2. The van der Waals surface area contributed by atoms with Crippen LogP contribution in [0, 0.1) is 6.92 Å². The molecule has 1 aromatic carbocycles. The van der Waals surface area contributed by atoms with Crippen molar-refractivity contribution in [3.05, 3.63) is 48.0 Å². The standard InChI is InChI=1S/C18H21N7O/c1-13-7-8-19-18-21-16(22-25(13)18)17(26)20-14-5-3-4-6-15(14)24-11-9-23(2)10-12-24/h3-8H,9-12H2,1-2H3,(H,20,26). The zero-order valence-corrected chi connectivity index (χ0v) is 14.9. The van der Waals surface area contributed by atoms with Crippen molar-refractivity contribution in [2.45, 2.75) is 6.92 Å². The summed E-state index contributed by atoms with van der Waals surface area (Å²) >= 11 is 0. The fourth-order valence-electron chi connectivity index (χ4n) is 3.08. The van der Waals surface area contributed by atoms with Gasteiger partial charge in [0.1, 0.15) is 0 Å². The molecule has 0 aliphatic carbocycles. The molecule has 1 aliphatic heterocycles. The summed E-state index contributed by atoms with van der Waals surface area (Å²) in [6.45, 7) is 5.76.